The van der Waals surface area contributed by atoms with Gasteiger partial charge in [0.1, 0.15) is 17.3 Å². The number of halogens is 1. The molecule has 1 heterocycles. The van der Waals surface area contributed by atoms with Gasteiger partial charge in [-0.25, -0.2) is 4.99 Å². The lowest BCUT2D eigenvalue weighted by Gasteiger charge is -2.12. The summed E-state index contributed by atoms with van der Waals surface area (Å²) in [6, 6.07) is 13.1. The summed E-state index contributed by atoms with van der Waals surface area (Å²) in [6.45, 7) is 4.21. The van der Waals surface area contributed by atoms with Gasteiger partial charge in [0, 0.05) is 10.6 Å². The number of ether oxygens (including phenoxy) is 1. The number of nitrogens with zero attached hydrogens (tertiary/aromatic N) is 1. The van der Waals surface area contributed by atoms with E-state index >= 15 is 0 Å². The summed E-state index contributed by atoms with van der Waals surface area (Å²) < 4.78 is 5.40. The molecule has 0 saturated carbocycles. The largest absolute Gasteiger partial charge is 0.496 e. The predicted molar refractivity (Wildman–Crippen MR) is 101 cm³/mol. The summed E-state index contributed by atoms with van der Waals surface area (Å²) >= 11 is 5.90. The Bertz CT molecular complexity index is 868. The fourth-order valence-corrected chi connectivity index (χ4v) is 2.79. The SMILES string of the molecule is COc1ccc(/C=C2/N=C(c3ccc(Cl)cc3)NC2=O)cc1C(C)C. The Morgan fingerprint density at radius 3 is 2.52 bits per heavy atom. The van der Waals surface area contributed by atoms with Gasteiger partial charge in [-0.3, -0.25) is 4.79 Å². The van der Waals surface area contributed by atoms with E-state index in [1.807, 2.05) is 30.3 Å². The molecule has 0 aliphatic carbocycles. The zero-order chi connectivity index (χ0) is 18.0. The van der Waals surface area contributed by atoms with Gasteiger partial charge in [0.15, 0.2) is 0 Å². The minimum atomic E-state index is -0.216. The molecular formula is C20H19ClN2O2. The number of hydrogen-bond acceptors (Lipinski definition) is 3. The van der Waals surface area contributed by atoms with Crippen molar-refractivity contribution in [1.82, 2.24) is 5.32 Å². The molecule has 3 rings (SSSR count). The standard InChI is InChI=1S/C20H19ClN2O2/c1-12(2)16-10-13(4-9-18(16)25-3)11-17-20(24)23-19(22-17)14-5-7-15(21)8-6-14/h4-12H,1-3H3,(H,22,23,24)/b17-11+. The topological polar surface area (TPSA) is 50.7 Å². The first-order valence-corrected chi connectivity index (χ1v) is 8.41. The average Bonchev–Trinajstić information content (AvgIpc) is 2.96. The second-order valence-corrected chi connectivity index (χ2v) is 6.54. The fourth-order valence-electron chi connectivity index (χ4n) is 2.66. The number of nitrogens with one attached hydrogen (secondary N) is 1. The molecule has 1 amide bonds. The molecule has 0 saturated heterocycles. The predicted octanol–water partition coefficient (Wildman–Crippen LogP) is 4.39. The maximum atomic E-state index is 12.2. The van der Waals surface area contributed by atoms with E-state index < -0.39 is 0 Å². The number of carbonyl (C=O) groups is 1. The molecule has 0 aromatic heterocycles. The van der Waals surface area contributed by atoms with E-state index in [0.717, 1.165) is 22.4 Å². The Balaban J connectivity index is 1.94. The molecular weight excluding hydrogens is 336 g/mol. The lowest BCUT2D eigenvalue weighted by atomic mass is 9.99. The third kappa shape index (κ3) is 3.74. The Morgan fingerprint density at radius 2 is 1.88 bits per heavy atom. The van der Waals surface area contributed by atoms with Crippen LogP contribution in [0, 0.1) is 0 Å². The van der Waals surface area contributed by atoms with E-state index in [0.29, 0.717) is 22.5 Å². The number of amides is 1. The van der Waals surface area contributed by atoms with Gasteiger partial charge in [-0.15, -0.1) is 0 Å². The number of hydrogen-bond donors (Lipinski definition) is 1. The Morgan fingerprint density at radius 1 is 1.16 bits per heavy atom. The van der Waals surface area contributed by atoms with E-state index in [1.165, 1.54) is 0 Å². The number of benzene rings is 2. The van der Waals surface area contributed by atoms with Crippen LogP contribution in [0.15, 0.2) is 53.2 Å². The van der Waals surface area contributed by atoms with E-state index in [2.05, 4.69) is 24.2 Å². The van der Waals surface area contributed by atoms with Gasteiger partial charge in [0.2, 0.25) is 0 Å². The molecule has 0 radical (unpaired) electrons. The van der Waals surface area contributed by atoms with Crippen LogP contribution in [-0.4, -0.2) is 18.9 Å². The molecule has 2 aromatic carbocycles. The number of aliphatic imine (C=N–C) groups is 1. The summed E-state index contributed by atoms with van der Waals surface area (Å²) in [6.07, 6.45) is 1.78. The number of carbonyl (C=O) groups excluding carboxylic acids is 1. The summed E-state index contributed by atoms with van der Waals surface area (Å²) in [5.41, 5.74) is 3.21. The minimum absolute atomic E-state index is 0.216. The van der Waals surface area contributed by atoms with Crippen molar-refractivity contribution in [2.45, 2.75) is 19.8 Å². The molecule has 1 aliphatic rings. The first-order valence-electron chi connectivity index (χ1n) is 8.03. The van der Waals surface area contributed by atoms with Crippen molar-refractivity contribution in [3.05, 3.63) is 69.9 Å². The highest BCUT2D eigenvalue weighted by Gasteiger charge is 2.21. The molecule has 128 valence electrons. The van der Waals surface area contributed by atoms with Crippen molar-refractivity contribution in [2.24, 2.45) is 4.99 Å². The third-order valence-electron chi connectivity index (χ3n) is 3.99. The van der Waals surface area contributed by atoms with Crippen LogP contribution >= 0.6 is 11.6 Å². The summed E-state index contributed by atoms with van der Waals surface area (Å²) in [7, 11) is 1.66. The zero-order valence-electron chi connectivity index (χ0n) is 14.3. The lowest BCUT2D eigenvalue weighted by molar-refractivity contribution is -0.115. The Hall–Kier alpha value is -2.59. The van der Waals surface area contributed by atoms with Crippen molar-refractivity contribution in [2.75, 3.05) is 7.11 Å². The summed E-state index contributed by atoms with van der Waals surface area (Å²) in [4.78, 5) is 16.7. The van der Waals surface area contributed by atoms with Gasteiger partial charge >= 0.3 is 0 Å². The lowest BCUT2D eigenvalue weighted by Crippen LogP contribution is -2.24. The second-order valence-electron chi connectivity index (χ2n) is 6.11. The molecule has 0 atom stereocenters. The molecule has 1 aliphatic heterocycles. The highest BCUT2D eigenvalue weighted by molar-refractivity contribution is 6.30. The van der Waals surface area contributed by atoms with E-state index in [4.69, 9.17) is 16.3 Å². The molecule has 5 heteroatoms. The molecule has 0 spiro atoms. The van der Waals surface area contributed by atoms with E-state index in [-0.39, 0.29) is 5.91 Å². The highest BCUT2D eigenvalue weighted by Crippen LogP contribution is 2.28. The van der Waals surface area contributed by atoms with Gasteiger partial charge in [-0.05, 0) is 59.5 Å². The molecule has 0 bridgehead atoms. The van der Waals surface area contributed by atoms with Crippen molar-refractivity contribution in [1.29, 1.82) is 0 Å². The van der Waals surface area contributed by atoms with Gasteiger partial charge in [-0.2, -0.15) is 0 Å². The fraction of sp³-hybridized carbons (Fsp3) is 0.200. The van der Waals surface area contributed by atoms with E-state index in [9.17, 15) is 4.79 Å². The number of amidine groups is 1. The first-order chi connectivity index (χ1) is 12.0. The van der Waals surface area contributed by atoms with Crippen LogP contribution in [-0.2, 0) is 4.79 Å². The molecule has 4 nitrogen and oxygen atoms in total. The minimum Gasteiger partial charge on any atom is -0.496 e. The summed E-state index contributed by atoms with van der Waals surface area (Å²) in [5.74, 6) is 1.48. The van der Waals surface area contributed by atoms with E-state index in [1.54, 1.807) is 25.3 Å². The Kier molecular flexibility index (Phi) is 4.91. The van der Waals surface area contributed by atoms with Crippen LogP contribution in [0.5, 0.6) is 5.75 Å². The smallest absolute Gasteiger partial charge is 0.275 e. The number of rotatable bonds is 4. The molecule has 25 heavy (non-hydrogen) atoms. The summed E-state index contributed by atoms with van der Waals surface area (Å²) in [5, 5.41) is 3.44. The normalized spacial score (nSPS) is 15.5. The Labute approximate surface area is 152 Å². The first kappa shape index (κ1) is 17.2. The van der Waals surface area contributed by atoms with Gasteiger partial charge in [-0.1, -0.05) is 31.5 Å². The monoisotopic (exact) mass is 354 g/mol. The van der Waals surface area contributed by atoms with Crippen molar-refractivity contribution < 1.29 is 9.53 Å². The van der Waals surface area contributed by atoms with Gasteiger partial charge in [0.25, 0.3) is 5.91 Å². The van der Waals surface area contributed by atoms with Crippen molar-refractivity contribution in [3.8, 4) is 5.75 Å². The van der Waals surface area contributed by atoms with Crippen LogP contribution < -0.4 is 10.1 Å². The van der Waals surface area contributed by atoms with Crippen molar-refractivity contribution >= 4 is 29.4 Å². The van der Waals surface area contributed by atoms with Crippen LogP contribution in [0.3, 0.4) is 0 Å². The molecule has 1 N–H and O–H groups in total. The molecule has 0 fully saturated rings. The molecule has 0 unspecified atom stereocenters. The molecule has 2 aromatic rings. The van der Waals surface area contributed by atoms with Gasteiger partial charge in [0.05, 0.1) is 7.11 Å². The van der Waals surface area contributed by atoms with Crippen molar-refractivity contribution in [3.63, 3.8) is 0 Å². The second kappa shape index (κ2) is 7.11. The maximum absolute atomic E-state index is 12.2. The van der Waals surface area contributed by atoms with Gasteiger partial charge < -0.3 is 10.1 Å². The quantitative estimate of drug-likeness (QED) is 0.828. The van der Waals surface area contributed by atoms with Crippen LogP contribution in [0.2, 0.25) is 5.02 Å². The van der Waals surface area contributed by atoms with Crippen LogP contribution in [0.25, 0.3) is 6.08 Å². The maximum Gasteiger partial charge on any atom is 0.275 e. The number of methoxy groups -OCH3 is 1. The third-order valence-corrected chi connectivity index (χ3v) is 4.25. The highest BCUT2D eigenvalue weighted by atomic mass is 35.5. The van der Waals surface area contributed by atoms with Crippen LogP contribution in [0.4, 0.5) is 0 Å². The average molecular weight is 355 g/mol. The van der Waals surface area contributed by atoms with Crippen LogP contribution in [0.1, 0.15) is 36.5 Å². The zero-order valence-corrected chi connectivity index (χ0v) is 15.1.